The Morgan fingerprint density at radius 1 is 0.600 bits per heavy atom. The van der Waals surface area contributed by atoms with Crippen LogP contribution in [-0.4, -0.2) is 52.4 Å². The van der Waals surface area contributed by atoms with Crippen molar-refractivity contribution in [3.8, 4) is 22.6 Å². The average Bonchev–Trinajstić information content (AvgIpc) is 3.02. The lowest BCUT2D eigenvalue weighted by molar-refractivity contribution is -0.236. The van der Waals surface area contributed by atoms with Gasteiger partial charge in [0.25, 0.3) is 0 Å². The highest BCUT2D eigenvalue weighted by Gasteiger charge is 2.55. The van der Waals surface area contributed by atoms with Gasteiger partial charge in [-0.15, -0.1) is 0 Å². The topological polar surface area (TPSA) is 46.2 Å². The summed E-state index contributed by atoms with van der Waals surface area (Å²) >= 11 is 0. The van der Waals surface area contributed by atoms with E-state index in [9.17, 15) is 0 Å². The lowest BCUT2D eigenvalue weighted by atomic mass is 9.67. The molecule has 3 fully saturated rings. The first-order valence-electron chi connectivity index (χ1n) is 16.3. The predicted molar refractivity (Wildman–Crippen MR) is 180 cm³/mol. The monoisotopic (exact) mass is 602 g/mol. The van der Waals surface area contributed by atoms with Crippen molar-refractivity contribution in [2.75, 3.05) is 46.2 Å². The maximum absolute atomic E-state index is 7.46. The highest BCUT2D eigenvalue weighted by Crippen LogP contribution is 2.52. The van der Waals surface area contributed by atoms with Gasteiger partial charge in [0.05, 0.1) is 57.1 Å². The summed E-state index contributed by atoms with van der Waals surface area (Å²) in [4.78, 5) is 0. The molecule has 5 aromatic carbocycles. The molecule has 5 nitrogen and oxygen atoms in total. The molecule has 8 rings (SSSR count). The first kappa shape index (κ1) is 28.8. The van der Waals surface area contributed by atoms with Crippen molar-refractivity contribution in [1.29, 1.82) is 0 Å². The summed E-state index contributed by atoms with van der Waals surface area (Å²) in [7, 11) is 0. The standard InChI is InChI=1S/C40H42O5/c1-5-26-11-10-16-30-27(26)17-18-33(36(30)45-37(39(3)22-42-23-39)40(4)24-43-25-40)34-28-12-6-8-14-31(28)35(32-15-9-7-13-29(32)34)44-21-38(2)19-41-20-38/h6-18,37H,5,19-25H2,1-4H3. The Balaban J connectivity index is 1.38. The molecule has 0 bridgehead atoms. The molecule has 5 heteroatoms. The Morgan fingerprint density at radius 2 is 1.13 bits per heavy atom. The second kappa shape index (κ2) is 10.7. The van der Waals surface area contributed by atoms with Gasteiger partial charge < -0.3 is 23.7 Å². The molecule has 5 aromatic rings. The van der Waals surface area contributed by atoms with Crippen molar-refractivity contribution in [1.82, 2.24) is 0 Å². The molecule has 0 unspecified atom stereocenters. The van der Waals surface area contributed by atoms with Gasteiger partial charge in [-0.05, 0) is 34.2 Å². The van der Waals surface area contributed by atoms with Gasteiger partial charge in [-0.3, -0.25) is 0 Å². The lowest BCUT2D eigenvalue weighted by Crippen LogP contribution is -2.63. The zero-order chi connectivity index (χ0) is 30.8. The minimum absolute atomic E-state index is 0.0366. The Labute approximate surface area is 265 Å². The highest BCUT2D eigenvalue weighted by atomic mass is 16.5. The van der Waals surface area contributed by atoms with E-state index in [4.69, 9.17) is 23.7 Å². The minimum atomic E-state index is -0.0937. The van der Waals surface area contributed by atoms with Crippen molar-refractivity contribution in [3.63, 3.8) is 0 Å². The van der Waals surface area contributed by atoms with Gasteiger partial charge in [0.15, 0.2) is 0 Å². The molecule has 0 radical (unpaired) electrons. The molecule has 3 saturated heterocycles. The van der Waals surface area contributed by atoms with Crippen molar-refractivity contribution in [3.05, 3.63) is 84.4 Å². The van der Waals surface area contributed by atoms with Gasteiger partial charge >= 0.3 is 0 Å². The summed E-state index contributed by atoms with van der Waals surface area (Å²) in [5.41, 5.74) is 3.45. The fourth-order valence-corrected chi connectivity index (χ4v) is 7.74. The van der Waals surface area contributed by atoms with Crippen LogP contribution in [0.25, 0.3) is 43.4 Å². The van der Waals surface area contributed by atoms with E-state index in [0.29, 0.717) is 33.0 Å². The third-order valence-electron chi connectivity index (χ3n) is 10.3. The van der Waals surface area contributed by atoms with E-state index in [1.165, 1.54) is 16.5 Å². The molecule has 3 aliphatic heterocycles. The first-order chi connectivity index (χ1) is 21.8. The Hall–Kier alpha value is -3.64. The third-order valence-corrected chi connectivity index (χ3v) is 10.3. The van der Waals surface area contributed by atoms with E-state index < -0.39 is 0 Å². The van der Waals surface area contributed by atoms with Crippen molar-refractivity contribution in [2.24, 2.45) is 16.2 Å². The quantitative estimate of drug-likeness (QED) is 0.158. The highest BCUT2D eigenvalue weighted by molar-refractivity contribution is 6.18. The second-order valence-electron chi connectivity index (χ2n) is 14.5. The zero-order valence-corrected chi connectivity index (χ0v) is 26.8. The lowest BCUT2D eigenvalue weighted by Gasteiger charge is -2.54. The number of ether oxygens (including phenoxy) is 5. The SMILES string of the molecule is CCc1cccc2c(OC(C3(C)COC3)C3(C)COC3)c(-c3c4ccccc4c(OCC4(C)COC4)c4ccccc34)ccc12. The smallest absolute Gasteiger partial charge is 0.135 e. The van der Waals surface area contributed by atoms with Crippen LogP contribution in [0.2, 0.25) is 0 Å². The second-order valence-corrected chi connectivity index (χ2v) is 14.5. The van der Waals surface area contributed by atoms with Crippen LogP contribution in [0.1, 0.15) is 33.3 Å². The molecule has 0 spiro atoms. The van der Waals surface area contributed by atoms with E-state index in [-0.39, 0.29) is 22.3 Å². The summed E-state index contributed by atoms with van der Waals surface area (Å²) in [5.74, 6) is 1.88. The Bertz CT molecular complexity index is 1840. The molecule has 0 aromatic heterocycles. The number of rotatable bonds is 9. The summed E-state index contributed by atoms with van der Waals surface area (Å²) in [6.07, 6.45) is 0.895. The largest absolute Gasteiger partial charge is 0.492 e. The molecule has 0 saturated carbocycles. The van der Waals surface area contributed by atoms with Crippen LogP contribution in [-0.2, 0) is 20.6 Å². The summed E-state index contributed by atoms with van der Waals surface area (Å²) in [6, 6.07) is 28.5. The first-order valence-corrected chi connectivity index (χ1v) is 16.3. The Morgan fingerprint density at radius 3 is 1.64 bits per heavy atom. The molecule has 232 valence electrons. The molecular weight excluding hydrogens is 560 g/mol. The number of hydrogen-bond acceptors (Lipinski definition) is 5. The van der Waals surface area contributed by atoms with Crippen LogP contribution in [0.15, 0.2) is 78.9 Å². The van der Waals surface area contributed by atoms with Crippen LogP contribution in [0.4, 0.5) is 0 Å². The molecule has 0 N–H and O–H groups in total. The van der Waals surface area contributed by atoms with E-state index >= 15 is 0 Å². The zero-order valence-electron chi connectivity index (χ0n) is 26.8. The van der Waals surface area contributed by atoms with Crippen LogP contribution in [0, 0.1) is 16.2 Å². The number of benzene rings is 5. The fraction of sp³-hybridized carbons (Fsp3) is 0.400. The van der Waals surface area contributed by atoms with Crippen LogP contribution in [0.5, 0.6) is 11.5 Å². The van der Waals surface area contributed by atoms with E-state index in [2.05, 4.69) is 107 Å². The summed E-state index contributed by atoms with van der Waals surface area (Å²) < 4.78 is 31.3. The fourth-order valence-electron chi connectivity index (χ4n) is 7.74. The van der Waals surface area contributed by atoms with Crippen LogP contribution in [0.3, 0.4) is 0 Å². The normalized spacial score (nSPS) is 19.7. The van der Waals surface area contributed by atoms with E-state index in [1.807, 2.05) is 0 Å². The molecule has 3 heterocycles. The van der Waals surface area contributed by atoms with Crippen molar-refractivity contribution < 1.29 is 23.7 Å². The van der Waals surface area contributed by atoms with Gasteiger partial charge in [0, 0.05) is 32.7 Å². The molecule has 0 amide bonds. The molecule has 45 heavy (non-hydrogen) atoms. The van der Waals surface area contributed by atoms with E-state index in [1.54, 1.807) is 0 Å². The van der Waals surface area contributed by atoms with Gasteiger partial charge in [-0.2, -0.15) is 0 Å². The van der Waals surface area contributed by atoms with Crippen LogP contribution < -0.4 is 9.47 Å². The molecule has 3 aliphatic rings. The number of fused-ring (bicyclic) bond motifs is 3. The van der Waals surface area contributed by atoms with Crippen LogP contribution >= 0.6 is 0 Å². The van der Waals surface area contributed by atoms with Crippen molar-refractivity contribution >= 4 is 32.3 Å². The maximum atomic E-state index is 7.46. The summed E-state index contributed by atoms with van der Waals surface area (Å²) in [6.45, 7) is 13.9. The van der Waals surface area contributed by atoms with Crippen molar-refractivity contribution in [2.45, 2.75) is 40.2 Å². The number of hydrogen-bond donors (Lipinski definition) is 0. The van der Waals surface area contributed by atoms with Gasteiger partial charge in [0.2, 0.25) is 0 Å². The van der Waals surface area contributed by atoms with Gasteiger partial charge in [-0.1, -0.05) is 100 Å². The predicted octanol–water partition coefficient (Wildman–Crippen LogP) is 8.61. The average molecular weight is 603 g/mol. The summed E-state index contributed by atoms with van der Waals surface area (Å²) in [5, 5.41) is 6.93. The Kier molecular flexibility index (Phi) is 6.86. The molecule has 0 aliphatic carbocycles. The van der Waals surface area contributed by atoms with Gasteiger partial charge in [0.1, 0.15) is 17.6 Å². The minimum Gasteiger partial charge on any atom is -0.492 e. The van der Waals surface area contributed by atoms with E-state index in [0.717, 1.165) is 63.6 Å². The molecular formula is C40H42O5. The maximum Gasteiger partial charge on any atom is 0.135 e. The van der Waals surface area contributed by atoms with Gasteiger partial charge in [-0.25, -0.2) is 0 Å². The number of aryl methyl sites for hydroxylation is 1. The third kappa shape index (κ3) is 4.62. The molecule has 0 atom stereocenters.